The van der Waals surface area contributed by atoms with E-state index in [0.29, 0.717) is 12.0 Å². The highest BCUT2D eigenvalue weighted by atomic mass is 79.9. The molecule has 1 aromatic heterocycles. The summed E-state index contributed by atoms with van der Waals surface area (Å²) in [6, 6.07) is 3.52. The minimum absolute atomic E-state index is 0.330. The van der Waals surface area contributed by atoms with Gasteiger partial charge < -0.3 is 5.73 Å². The quantitative estimate of drug-likeness (QED) is 0.901. The second-order valence-corrected chi connectivity index (χ2v) is 5.51. The molecule has 0 radical (unpaired) electrons. The lowest BCUT2D eigenvalue weighted by molar-refractivity contribution is 0.504. The molecule has 2 rings (SSSR count). The Balaban J connectivity index is 2.21. The van der Waals surface area contributed by atoms with Gasteiger partial charge in [0, 0.05) is 6.54 Å². The number of rotatable bonds is 5. The second-order valence-electron chi connectivity index (χ2n) is 4.66. The fourth-order valence-electron chi connectivity index (χ4n) is 2.15. The molecule has 1 heterocycles. The predicted octanol–water partition coefficient (Wildman–Crippen LogP) is 3.58. The SMILES string of the molecule is CCCn1ncc(Br)c1C(N)Cc1ccc(F)c(F)c1. The van der Waals surface area contributed by atoms with Crippen molar-refractivity contribution in [2.75, 3.05) is 0 Å². The smallest absolute Gasteiger partial charge is 0.159 e. The lowest BCUT2D eigenvalue weighted by Gasteiger charge is -2.15. The molecule has 20 heavy (non-hydrogen) atoms. The first-order valence-corrected chi connectivity index (χ1v) is 7.23. The zero-order valence-electron chi connectivity index (χ0n) is 11.1. The Bertz CT molecular complexity index is 598. The number of hydrogen-bond acceptors (Lipinski definition) is 2. The molecule has 0 saturated carbocycles. The van der Waals surface area contributed by atoms with E-state index in [9.17, 15) is 8.78 Å². The lowest BCUT2D eigenvalue weighted by Crippen LogP contribution is -2.19. The largest absolute Gasteiger partial charge is 0.322 e. The average Bonchev–Trinajstić information content (AvgIpc) is 2.76. The molecule has 0 saturated heterocycles. The van der Waals surface area contributed by atoms with Gasteiger partial charge in [0.15, 0.2) is 11.6 Å². The zero-order valence-corrected chi connectivity index (χ0v) is 12.7. The number of benzene rings is 1. The van der Waals surface area contributed by atoms with E-state index in [-0.39, 0.29) is 6.04 Å². The van der Waals surface area contributed by atoms with Crippen LogP contribution in [0.1, 0.15) is 30.6 Å². The third-order valence-electron chi connectivity index (χ3n) is 3.06. The van der Waals surface area contributed by atoms with E-state index in [4.69, 9.17) is 5.73 Å². The van der Waals surface area contributed by atoms with Gasteiger partial charge in [0.1, 0.15) is 0 Å². The van der Waals surface area contributed by atoms with E-state index < -0.39 is 11.6 Å². The zero-order chi connectivity index (χ0) is 14.7. The van der Waals surface area contributed by atoms with Crippen molar-refractivity contribution in [2.45, 2.75) is 32.4 Å². The predicted molar refractivity (Wildman–Crippen MR) is 77.2 cm³/mol. The van der Waals surface area contributed by atoms with E-state index in [0.717, 1.165) is 29.2 Å². The topological polar surface area (TPSA) is 43.8 Å². The van der Waals surface area contributed by atoms with Crippen LogP contribution < -0.4 is 5.73 Å². The van der Waals surface area contributed by atoms with Gasteiger partial charge in [-0.2, -0.15) is 5.10 Å². The Labute approximate surface area is 124 Å². The van der Waals surface area contributed by atoms with Crippen LogP contribution in [-0.4, -0.2) is 9.78 Å². The molecule has 2 N–H and O–H groups in total. The first-order valence-electron chi connectivity index (χ1n) is 6.43. The molecule has 3 nitrogen and oxygen atoms in total. The van der Waals surface area contributed by atoms with Gasteiger partial charge in [0.2, 0.25) is 0 Å². The van der Waals surface area contributed by atoms with Gasteiger partial charge in [0.25, 0.3) is 0 Å². The van der Waals surface area contributed by atoms with Crippen LogP contribution in [0.15, 0.2) is 28.9 Å². The highest BCUT2D eigenvalue weighted by Gasteiger charge is 2.17. The molecular formula is C14H16BrF2N3. The van der Waals surface area contributed by atoms with Crippen LogP contribution in [0.2, 0.25) is 0 Å². The highest BCUT2D eigenvalue weighted by molar-refractivity contribution is 9.10. The molecule has 0 fully saturated rings. The summed E-state index contributed by atoms with van der Waals surface area (Å²) in [6.45, 7) is 2.83. The average molecular weight is 344 g/mol. The maximum absolute atomic E-state index is 13.2. The molecule has 0 aliphatic carbocycles. The minimum Gasteiger partial charge on any atom is -0.322 e. The van der Waals surface area contributed by atoms with Crippen LogP contribution in [0.25, 0.3) is 0 Å². The van der Waals surface area contributed by atoms with E-state index in [1.807, 2.05) is 4.68 Å². The molecule has 1 atom stereocenters. The first-order chi connectivity index (χ1) is 9.52. The summed E-state index contributed by atoms with van der Waals surface area (Å²) in [5.41, 5.74) is 7.72. The molecule has 0 aliphatic rings. The number of aryl methyl sites for hydroxylation is 1. The molecule has 0 spiro atoms. The van der Waals surface area contributed by atoms with Gasteiger partial charge in [-0.15, -0.1) is 0 Å². The standard InChI is InChI=1S/C14H16BrF2N3/c1-2-5-20-14(10(15)8-19-20)13(18)7-9-3-4-11(16)12(17)6-9/h3-4,6,8,13H,2,5,7,18H2,1H3. The normalized spacial score (nSPS) is 12.7. The number of aromatic nitrogens is 2. The molecule has 0 aliphatic heterocycles. The molecule has 6 heteroatoms. The monoisotopic (exact) mass is 343 g/mol. The third-order valence-corrected chi connectivity index (χ3v) is 3.67. The number of hydrogen-bond donors (Lipinski definition) is 1. The number of nitrogens with two attached hydrogens (primary N) is 1. The van der Waals surface area contributed by atoms with Crippen LogP contribution in [0.5, 0.6) is 0 Å². The van der Waals surface area contributed by atoms with Crippen molar-refractivity contribution < 1.29 is 8.78 Å². The van der Waals surface area contributed by atoms with Crippen LogP contribution in [-0.2, 0) is 13.0 Å². The molecule has 0 bridgehead atoms. The summed E-state index contributed by atoms with van der Waals surface area (Å²) in [7, 11) is 0. The molecule has 108 valence electrons. The van der Waals surface area contributed by atoms with Gasteiger partial charge >= 0.3 is 0 Å². The van der Waals surface area contributed by atoms with Gasteiger partial charge in [-0.3, -0.25) is 4.68 Å². The number of nitrogens with zero attached hydrogens (tertiary/aromatic N) is 2. The van der Waals surface area contributed by atoms with Crippen LogP contribution in [0.4, 0.5) is 8.78 Å². The first kappa shape index (κ1) is 15.1. The fraction of sp³-hybridized carbons (Fsp3) is 0.357. The summed E-state index contributed by atoms with van der Waals surface area (Å²) in [4.78, 5) is 0. The van der Waals surface area contributed by atoms with Crippen molar-refractivity contribution in [3.63, 3.8) is 0 Å². The van der Waals surface area contributed by atoms with Gasteiger partial charge in [-0.05, 0) is 46.5 Å². The second kappa shape index (κ2) is 6.45. The van der Waals surface area contributed by atoms with Crippen molar-refractivity contribution in [2.24, 2.45) is 5.73 Å². The van der Waals surface area contributed by atoms with E-state index in [1.165, 1.54) is 6.07 Å². The minimum atomic E-state index is -0.851. The van der Waals surface area contributed by atoms with E-state index in [2.05, 4.69) is 28.0 Å². The molecule has 1 unspecified atom stereocenters. The molecule has 2 aromatic rings. The van der Waals surface area contributed by atoms with Crippen molar-refractivity contribution in [1.29, 1.82) is 0 Å². The Morgan fingerprint density at radius 3 is 2.75 bits per heavy atom. The summed E-state index contributed by atoms with van der Waals surface area (Å²) in [6.07, 6.45) is 3.07. The van der Waals surface area contributed by atoms with Crippen molar-refractivity contribution in [3.05, 3.63) is 51.8 Å². The summed E-state index contributed by atoms with van der Waals surface area (Å²) >= 11 is 3.43. The van der Waals surface area contributed by atoms with Crippen molar-refractivity contribution in [1.82, 2.24) is 9.78 Å². The van der Waals surface area contributed by atoms with Gasteiger partial charge in [-0.1, -0.05) is 13.0 Å². The molecular weight excluding hydrogens is 328 g/mol. The Hall–Kier alpha value is -1.27. The maximum atomic E-state index is 13.2. The highest BCUT2D eigenvalue weighted by Crippen LogP contribution is 2.25. The van der Waals surface area contributed by atoms with Crippen molar-refractivity contribution in [3.8, 4) is 0 Å². The van der Waals surface area contributed by atoms with Crippen LogP contribution >= 0.6 is 15.9 Å². The lowest BCUT2D eigenvalue weighted by atomic mass is 10.0. The van der Waals surface area contributed by atoms with Gasteiger partial charge in [-0.25, -0.2) is 8.78 Å². The van der Waals surface area contributed by atoms with E-state index >= 15 is 0 Å². The van der Waals surface area contributed by atoms with Crippen LogP contribution in [0.3, 0.4) is 0 Å². The number of halogens is 3. The van der Waals surface area contributed by atoms with E-state index in [1.54, 1.807) is 12.3 Å². The Morgan fingerprint density at radius 2 is 2.10 bits per heavy atom. The molecule has 1 aromatic carbocycles. The van der Waals surface area contributed by atoms with Gasteiger partial charge in [0.05, 0.1) is 22.4 Å². The Morgan fingerprint density at radius 1 is 1.35 bits per heavy atom. The maximum Gasteiger partial charge on any atom is 0.159 e. The fourth-order valence-corrected chi connectivity index (χ4v) is 2.74. The third kappa shape index (κ3) is 3.24. The summed E-state index contributed by atoms with van der Waals surface area (Å²) in [5.74, 6) is -1.70. The van der Waals surface area contributed by atoms with Crippen LogP contribution in [0, 0.1) is 11.6 Å². The summed E-state index contributed by atoms with van der Waals surface area (Å²) < 4.78 is 28.8. The Kier molecular flexibility index (Phi) is 4.88. The molecule has 0 amide bonds. The van der Waals surface area contributed by atoms with Crippen molar-refractivity contribution >= 4 is 15.9 Å². The summed E-state index contributed by atoms with van der Waals surface area (Å²) in [5, 5.41) is 4.26.